The number of carboxylic acid groups (broad SMARTS) is 1. The number of rotatable bonds is 4. The molecule has 0 aliphatic rings. The highest BCUT2D eigenvalue weighted by atomic mass is 32.2. The first-order valence-electron chi connectivity index (χ1n) is 5.44. The molecule has 0 spiro atoms. The lowest BCUT2D eigenvalue weighted by molar-refractivity contribution is -0.133. The molecule has 1 aromatic heterocycles. The van der Waals surface area contributed by atoms with Gasteiger partial charge in [-0.2, -0.15) is 0 Å². The molecular weight excluding hydrogens is 266 g/mol. The van der Waals surface area contributed by atoms with Crippen LogP contribution in [0, 0.1) is 13.8 Å². The van der Waals surface area contributed by atoms with Crippen molar-refractivity contribution in [2.75, 3.05) is 5.75 Å². The normalized spacial score (nSPS) is 10.6. The van der Waals surface area contributed by atoms with Crippen molar-refractivity contribution in [3.05, 3.63) is 34.7 Å². The molecule has 0 aliphatic carbocycles. The molecule has 0 atom stereocenters. The standard InChI is InChI=1S/C13H13NO2S2/c1-8-3-4-10(9(2)5-8)11-6-17-13(14-11)18-7-12(15)16/h3-6H,7H2,1-2H3,(H,15,16). The monoisotopic (exact) mass is 279 g/mol. The largest absolute Gasteiger partial charge is 0.481 e. The molecule has 3 nitrogen and oxygen atoms in total. The summed E-state index contributed by atoms with van der Waals surface area (Å²) in [4.78, 5) is 15.0. The van der Waals surface area contributed by atoms with E-state index in [4.69, 9.17) is 5.11 Å². The summed E-state index contributed by atoms with van der Waals surface area (Å²) in [6.45, 7) is 4.12. The van der Waals surface area contributed by atoms with Gasteiger partial charge in [-0.1, -0.05) is 35.5 Å². The Kier molecular flexibility index (Phi) is 4.04. The second kappa shape index (κ2) is 5.54. The summed E-state index contributed by atoms with van der Waals surface area (Å²) in [5.41, 5.74) is 4.45. The number of aromatic nitrogens is 1. The lowest BCUT2D eigenvalue weighted by Crippen LogP contribution is -1.97. The predicted octanol–water partition coefficient (Wildman–Crippen LogP) is 3.60. The van der Waals surface area contributed by atoms with E-state index in [1.807, 2.05) is 5.38 Å². The number of carbonyl (C=O) groups is 1. The Morgan fingerprint density at radius 3 is 2.89 bits per heavy atom. The van der Waals surface area contributed by atoms with Gasteiger partial charge in [0.25, 0.3) is 0 Å². The van der Waals surface area contributed by atoms with E-state index in [0.717, 1.165) is 15.6 Å². The SMILES string of the molecule is Cc1ccc(-c2csc(SCC(=O)O)n2)c(C)c1. The van der Waals surface area contributed by atoms with Gasteiger partial charge in [0.05, 0.1) is 11.4 Å². The zero-order valence-electron chi connectivity index (χ0n) is 10.1. The quantitative estimate of drug-likeness (QED) is 0.869. The van der Waals surface area contributed by atoms with E-state index < -0.39 is 5.97 Å². The molecule has 94 valence electrons. The number of benzene rings is 1. The van der Waals surface area contributed by atoms with Crippen molar-refractivity contribution in [3.63, 3.8) is 0 Å². The minimum atomic E-state index is -0.816. The van der Waals surface area contributed by atoms with Crippen LogP contribution in [0.5, 0.6) is 0 Å². The number of nitrogens with zero attached hydrogens (tertiary/aromatic N) is 1. The van der Waals surface area contributed by atoms with Crippen LogP contribution in [0.25, 0.3) is 11.3 Å². The number of aliphatic carboxylic acids is 1. The zero-order valence-corrected chi connectivity index (χ0v) is 11.8. The molecule has 2 rings (SSSR count). The minimum absolute atomic E-state index is 0.0554. The Morgan fingerprint density at radius 2 is 2.22 bits per heavy atom. The van der Waals surface area contributed by atoms with Crippen molar-refractivity contribution < 1.29 is 9.90 Å². The zero-order chi connectivity index (χ0) is 13.1. The third-order valence-corrected chi connectivity index (χ3v) is 4.47. The van der Waals surface area contributed by atoms with Crippen LogP contribution in [0.1, 0.15) is 11.1 Å². The molecule has 1 heterocycles. The molecule has 18 heavy (non-hydrogen) atoms. The second-order valence-corrected chi connectivity index (χ2v) is 6.08. The molecule has 1 N–H and O–H groups in total. The molecule has 0 amide bonds. The number of aryl methyl sites for hydroxylation is 2. The fourth-order valence-corrected chi connectivity index (χ4v) is 3.22. The van der Waals surface area contributed by atoms with E-state index in [9.17, 15) is 4.79 Å². The van der Waals surface area contributed by atoms with Crippen LogP contribution in [0.3, 0.4) is 0 Å². The van der Waals surface area contributed by atoms with E-state index in [2.05, 4.69) is 37.0 Å². The third kappa shape index (κ3) is 3.11. The Balaban J connectivity index is 2.21. The first kappa shape index (κ1) is 13.1. The fraction of sp³-hybridized carbons (Fsp3) is 0.231. The van der Waals surface area contributed by atoms with Gasteiger partial charge in [-0.3, -0.25) is 4.79 Å². The fourth-order valence-electron chi connectivity index (χ4n) is 1.67. The summed E-state index contributed by atoms with van der Waals surface area (Å²) in [5.74, 6) is -0.761. The van der Waals surface area contributed by atoms with E-state index in [1.54, 1.807) is 0 Å². The molecular formula is C13H13NO2S2. The Hall–Kier alpha value is -1.33. The first-order valence-corrected chi connectivity index (χ1v) is 7.30. The number of hydrogen-bond donors (Lipinski definition) is 1. The van der Waals surface area contributed by atoms with Crippen molar-refractivity contribution >= 4 is 29.1 Å². The lowest BCUT2D eigenvalue weighted by atomic mass is 10.0. The van der Waals surface area contributed by atoms with Gasteiger partial charge >= 0.3 is 5.97 Å². The Labute approximate surface area is 114 Å². The van der Waals surface area contributed by atoms with Gasteiger partial charge in [-0.05, 0) is 19.4 Å². The molecule has 0 saturated heterocycles. The average molecular weight is 279 g/mol. The summed E-state index contributed by atoms with van der Waals surface area (Å²) in [5, 5.41) is 10.6. The molecule has 1 aromatic carbocycles. The first-order chi connectivity index (χ1) is 8.56. The number of carboxylic acids is 1. The highest BCUT2D eigenvalue weighted by molar-refractivity contribution is 8.01. The maximum Gasteiger partial charge on any atom is 0.313 e. The van der Waals surface area contributed by atoms with Crippen molar-refractivity contribution in [1.82, 2.24) is 4.98 Å². The lowest BCUT2D eigenvalue weighted by Gasteiger charge is -2.03. The maximum atomic E-state index is 10.5. The van der Waals surface area contributed by atoms with Crippen LogP contribution in [0.15, 0.2) is 27.9 Å². The highest BCUT2D eigenvalue weighted by Gasteiger charge is 2.08. The van der Waals surface area contributed by atoms with Crippen LogP contribution < -0.4 is 0 Å². The average Bonchev–Trinajstić information content (AvgIpc) is 2.75. The smallest absolute Gasteiger partial charge is 0.313 e. The third-order valence-electron chi connectivity index (χ3n) is 2.46. The summed E-state index contributed by atoms with van der Waals surface area (Å²) < 4.78 is 0.798. The predicted molar refractivity (Wildman–Crippen MR) is 75.4 cm³/mol. The van der Waals surface area contributed by atoms with Crippen LogP contribution in [-0.2, 0) is 4.79 Å². The number of hydrogen-bond acceptors (Lipinski definition) is 4. The van der Waals surface area contributed by atoms with Gasteiger partial charge in [0.2, 0.25) is 0 Å². The molecule has 0 aliphatic heterocycles. The molecule has 0 bridgehead atoms. The van der Waals surface area contributed by atoms with Gasteiger partial charge in [-0.25, -0.2) is 4.98 Å². The van der Waals surface area contributed by atoms with Crippen molar-refractivity contribution in [3.8, 4) is 11.3 Å². The summed E-state index contributed by atoms with van der Waals surface area (Å²) >= 11 is 2.75. The molecule has 5 heteroatoms. The van der Waals surface area contributed by atoms with Gasteiger partial charge in [-0.15, -0.1) is 11.3 Å². The van der Waals surface area contributed by atoms with Crippen LogP contribution in [0.4, 0.5) is 0 Å². The van der Waals surface area contributed by atoms with Crippen molar-refractivity contribution in [2.45, 2.75) is 18.2 Å². The van der Waals surface area contributed by atoms with E-state index in [-0.39, 0.29) is 5.75 Å². The summed E-state index contributed by atoms with van der Waals surface area (Å²) in [7, 11) is 0. The van der Waals surface area contributed by atoms with Gasteiger partial charge in [0, 0.05) is 10.9 Å². The molecule has 0 radical (unpaired) electrons. The molecule has 0 saturated carbocycles. The van der Waals surface area contributed by atoms with Gasteiger partial charge < -0.3 is 5.11 Å². The van der Waals surface area contributed by atoms with Crippen LogP contribution in [0.2, 0.25) is 0 Å². The maximum absolute atomic E-state index is 10.5. The van der Waals surface area contributed by atoms with Gasteiger partial charge in [0.1, 0.15) is 0 Å². The Morgan fingerprint density at radius 1 is 1.44 bits per heavy atom. The second-order valence-electron chi connectivity index (χ2n) is 4.00. The topological polar surface area (TPSA) is 50.2 Å². The van der Waals surface area contributed by atoms with Crippen LogP contribution in [-0.4, -0.2) is 21.8 Å². The summed E-state index contributed by atoms with van der Waals surface area (Å²) in [6.07, 6.45) is 0. The highest BCUT2D eigenvalue weighted by Crippen LogP contribution is 2.30. The molecule has 2 aromatic rings. The molecule has 0 unspecified atom stereocenters. The van der Waals surface area contributed by atoms with E-state index >= 15 is 0 Å². The minimum Gasteiger partial charge on any atom is -0.481 e. The van der Waals surface area contributed by atoms with E-state index in [1.165, 1.54) is 34.2 Å². The number of thiazole rings is 1. The number of thioether (sulfide) groups is 1. The van der Waals surface area contributed by atoms with Gasteiger partial charge in [0.15, 0.2) is 4.34 Å². The van der Waals surface area contributed by atoms with Crippen molar-refractivity contribution in [2.24, 2.45) is 0 Å². The van der Waals surface area contributed by atoms with Crippen molar-refractivity contribution in [1.29, 1.82) is 0 Å². The van der Waals surface area contributed by atoms with Crippen LogP contribution >= 0.6 is 23.1 Å². The molecule has 0 fully saturated rings. The summed E-state index contributed by atoms with van der Waals surface area (Å²) in [6, 6.07) is 6.25. The Bertz CT molecular complexity index is 578. The van der Waals surface area contributed by atoms with E-state index in [0.29, 0.717) is 0 Å².